The monoisotopic (exact) mass is 292 g/mol. The van der Waals surface area contributed by atoms with Gasteiger partial charge in [-0.3, -0.25) is 0 Å². The number of rotatable bonds is 4. The van der Waals surface area contributed by atoms with Crippen molar-refractivity contribution in [3.05, 3.63) is 29.6 Å². The molecule has 2 aliphatic rings. The summed E-state index contributed by atoms with van der Waals surface area (Å²) in [7, 11) is 3.72. The minimum atomic E-state index is -0.258. The van der Waals surface area contributed by atoms with E-state index in [0.717, 1.165) is 12.8 Å². The molecular weight excluding hydrogens is 267 g/mol. The summed E-state index contributed by atoms with van der Waals surface area (Å²) in [5.41, 5.74) is 7.09. The average molecular weight is 292 g/mol. The smallest absolute Gasteiger partial charge is 0.168 e. The van der Waals surface area contributed by atoms with Gasteiger partial charge < -0.3 is 15.4 Å². The topological polar surface area (TPSA) is 38.5 Å². The predicted octanol–water partition coefficient (Wildman–Crippen LogP) is 2.58. The van der Waals surface area contributed by atoms with Crippen molar-refractivity contribution in [1.29, 1.82) is 0 Å². The lowest BCUT2D eigenvalue weighted by Gasteiger charge is -2.38. The van der Waals surface area contributed by atoms with Crippen LogP contribution in [0, 0.1) is 11.7 Å². The minimum Gasteiger partial charge on any atom is -0.494 e. The SMILES string of the molecule is COc1cccc(CC(N)C2CC3CCC(C2)N3C)c1F. The van der Waals surface area contributed by atoms with Crippen molar-refractivity contribution in [3.8, 4) is 5.75 Å². The summed E-state index contributed by atoms with van der Waals surface area (Å²) in [6.07, 6.45) is 5.48. The van der Waals surface area contributed by atoms with Gasteiger partial charge in [-0.2, -0.15) is 0 Å². The van der Waals surface area contributed by atoms with Crippen LogP contribution in [0.15, 0.2) is 18.2 Å². The molecule has 0 saturated carbocycles. The van der Waals surface area contributed by atoms with Crippen LogP contribution in [0.5, 0.6) is 5.75 Å². The van der Waals surface area contributed by atoms with Crippen molar-refractivity contribution in [2.75, 3.05) is 14.2 Å². The van der Waals surface area contributed by atoms with E-state index in [2.05, 4.69) is 11.9 Å². The summed E-state index contributed by atoms with van der Waals surface area (Å²) in [5, 5.41) is 0. The number of nitrogens with zero attached hydrogens (tertiary/aromatic N) is 1. The maximum Gasteiger partial charge on any atom is 0.168 e. The van der Waals surface area contributed by atoms with Gasteiger partial charge in [-0.1, -0.05) is 12.1 Å². The van der Waals surface area contributed by atoms with Gasteiger partial charge in [-0.15, -0.1) is 0 Å². The fourth-order valence-corrected chi connectivity index (χ4v) is 4.10. The lowest BCUT2D eigenvalue weighted by atomic mass is 9.83. The summed E-state index contributed by atoms with van der Waals surface area (Å²) in [4.78, 5) is 2.51. The van der Waals surface area contributed by atoms with Gasteiger partial charge in [0.15, 0.2) is 11.6 Å². The molecule has 0 amide bonds. The number of hydrogen-bond donors (Lipinski definition) is 1. The highest BCUT2D eigenvalue weighted by Crippen LogP contribution is 2.39. The van der Waals surface area contributed by atoms with Gasteiger partial charge in [0.2, 0.25) is 0 Å². The van der Waals surface area contributed by atoms with E-state index in [-0.39, 0.29) is 11.9 Å². The van der Waals surface area contributed by atoms with Crippen LogP contribution in [0.4, 0.5) is 4.39 Å². The van der Waals surface area contributed by atoms with E-state index >= 15 is 0 Å². The first-order chi connectivity index (χ1) is 10.1. The highest BCUT2D eigenvalue weighted by molar-refractivity contribution is 5.31. The molecular formula is C17H25FN2O. The summed E-state index contributed by atoms with van der Waals surface area (Å²) in [5.74, 6) is 0.554. The zero-order chi connectivity index (χ0) is 15.0. The number of nitrogens with two attached hydrogens (primary N) is 1. The second-order valence-corrected chi connectivity index (χ2v) is 6.58. The van der Waals surface area contributed by atoms with E-state index < -0.39 is 0 Å². The molecule has 0 aliphatic carbocycles. The molecule has 21 heavy (non-hydrogen) atoms. The van der Waals surface area contributed by atoms with E-state index in [1.807, 2.05) is 12.1 Å². The Morgan fingerprint density at radius 1 is 1.33 bits per heavy atom. The Morgan fingerprint density at radius 3 is 2.62 bits per heavy atom. The highest BCUT2D eigenvalue weighted by Gasteiger charge is 2.40. The third-order valence-electron chi connectivity index (χ3n) is 5.46. The third-order valence-corrected chi connectivity index (χ3v) is 5.46. The molecule has 2 saturated heterocycles. The summed E-state index contributed by atoms with van der Waals surface area (Å²) in [6, 6.07) is 6.69. The first-order valence-corrected chi connectivity index (χ1v) is 7.89. The quantitative estimate of drug-likeness (QED) is 0.927. The molecule has 2 aliphatic heterocycles. The van der Waals surface area contributed by atoms with Crippen LogP contribution in [-0.4, -0.2) is 37.2 Å². The number of fused-ring (bicyclic) bond motifs is 2. The fourth-order valence-electron chi connectivity index (χ4n) is 4.10. The Morgan fingerprint density at radius 2 is 2.00 bits per heavy atom. The lowest BCUT2D eigenvalue weighted by molar-refractivity contribution is 0.120. The zero-order valence-electron chi connectivity index (χ0n) is 12.9. The molecule has 3 unspecified atom stereocenters. The van der Waals surface area contributed by atoms with Crippen molar-refractivity contribution in [2.45, 2.75) is 50.2 Å². The standard InChI is InChI=1S/C17H25FN2O/c1-20-13-6-7-14(20)9-12(8-13)15(19)10-11-4-3-5-16(21-2)17(11)18/h3-5,12-15H,6-10,19H2,1-2H3. The van der Waals surface area contributed by atoms with Crippen LogP contribution in [0.1, 0.15) is 31.2 Å². The van der Waals surface area contributed by atoms with E-state index in [0.29, 0.717) is 35.7 Å². The molecule has 0 aromatic heterocycles. The maximum atomic E-state index is 14.2. The second kappa shape index (κ2) is 5.93. The molecule has 2 heterocycles. The molecule has 3 nitrogen and oxygen atoms in total. The molecule has 116 valence electrons. The van der Waals surface area contributed by atoms with Gasteiger partial charge in [0.25, 0.3) is 0 Å². The molecule has 0 radical (unpaired) electrons. The van der Waals surface area contributed by atoms with E-state index in [9.17, 15) is 4.39 Å². The first-order valence-electron chi connectivity index (χ1n) is 7.89. The van der Waals surface area contributed by atoms with Crippen LogP contribution in [0.25, 0.3) is 0 Å². The third kappa shape index (κ3) is 2.79. The van der Waals surface area contributed by atoms with Crippen molar-refractivity contribution in [1.82, 2.24) is 4.90 Å². The predicted molar refractivity (Wildman–Crippen MR) is 81.9 cm³/mol. The molecule has 1 aromatic rings. The average Bonchev–Trinajstić information content (AvgIpc) is 2.71. The fraction of sp³-hybridized carbons (Fsp3) is 0.647. The molecule has 2 N–H and O–H groups in total. The Labute approximate surface area is 126 Å². The Balaban J connectivity index is 1.68. The molecule has 3 atom stereocenters. The largest absolute Gasteiger partial charge is 0.494 e. The molecule has 1 aromatic carbocycles. The normalized spacial score (nSPS) is 30.4. The summed E-state index contributed by atoms with van der Waals surface area (Å²) < 4.78 is 19.3. The Bertz CT molecular complexity index is 494. The van der Waals surface area contributed by atoms with Crippen molar-refractivity contribution >= 4 is 0 Å². The number of hydrogen-bond acceptors (Lipinski definition) is 3. The van der Waals surface area contributed by atoms with E-state index in [4.69, 9.17) is 10.5 Å². The van der Waals surface area contributed by atoms with Crippen molar-refractivity contribution in [3.63, 3.8) is 0 Å². The molecule has 2 fully saturated rings. The van der Waals surface area contributed by atoms with E-state index in [1.165, 1.54) is 20.0 Å². The number of benzene rings is 1. The van der Waals surface area contributed by atoms with Crippen LogP contribution in [-0.2, 0) is 6.42 Å². The first kappa shape index (κ1) is 14.8. The summed E-state index contributed by atoms with van der Waals surface area (Å²) in [6.45, 7) is 0. The van der Waals surface area contributed by atoms with E-state index in [1.54, 1.807) is 6.07 Å². The second-order valence-electron chi connectivity index (χ2n) is 6.58. The number of halogens is 1. The van der Waals surface area contributed by atoms with Gasteiger partial charge in [0, 0.05) is 18.1 Å². The van der Waals surface area contributed by atoms with Crippen molar-refractivity contribution < 1.29 is 9.13 Å². The number of methoxy groups -OCH3 is 1. The maximum absolute atomic E-state index is 14.2. The number of ether oxygens (including phenoxy) is 1. The number of piperidine rings is 1. The van der Waals surface area contributed by atoms with Gasteiger partial charge in [0.05, 0.1) is 7.11 Å². The summed E-state index contributed by atoms with van der Waals surface area (Å²) >= 11 is 0. The molecule has 0 spiro atoms. The van der Waals surface area contributed by atoms with Gasteiger partial charge in [-0.05, 0) is 56.7 Å². The van der Waals surface area contributed by atoms with Gasteiger partial charge in [0.1, 0.15) is 0 Å². The van der Waals surface area contributed by atoms with Crippen LogP contribution >= 0.6 is 0 Å². The molecule has 2 bridgehead atoms. The lowest BCUT2D eigenvalue weighted by Crippen LogP contribution is -2.46. The van der Waals surface area contributed by atoms with Crippen LogP contribution < -0.4 is 10.5 Å². The van der Waals surface area contributed by atoms with Crippen LogP contribution in [0.3, 0.4) is 0 Å². The Hall–Kier alpha value is -1.13. The molecule has 3 rings (SSSR count). The minimum absolute atomic E-state index is 0.0309. The Kier molecular flexibility index (Phi) is 4.18. The van der Waals surface area contributed by atoms with Crippen molar-refractivity contribution in [2.24, 2.45) is 11.7 Å². The van der Waals surface area contributed by atoms with Gasteiger partial charge >= 0.3 is 0 Å². The highest BCUT2D eigenvalue weighted by atomic mass is 19.1. The van der Waals surface area contributed by atoms with Gasteiger partial charge in [-0.25, -0.2) is 4.39 Å². The molecule has 4 heteroatoms. The van der Waals surface area contributed by atoms with Crippen LogP contribution in [0.2, 0.25) is 0 Å². The zero-order valence-corrected chi connectivity index (χ0v) is 12.9.